The SMILES string of the molecule is COCc1cccc(C(C)=O)c1F. The highest BCUT2D eigenvalue weighted by molar-refractivity contribution is 5.94. The molecule has 0 N–H and O–H groups in total. The standard InChI is InChI=1S/C10H11FO2/c1-7(12)9-5-3-4-8(6-13-2)10(9)11/h3-5H,6H2,1-2H3. The van der Waals surface area contributed by atoms with Crippen molar-refractivity contribution in [3.8, 4) is 0 Å². The number of carbonyl (C=O) groups is 1. The Morgan fingerprint density at radius 3 is 2.77 bits per heavy atom. The summed E-state index contributed by atoms with van der Waals surface area (Å²) < 4.78 is 18.2. The minimum Gasteiger partial charge on any atom is -0.380 e. The highest BCUT2D eigenvalue weighted by atomic mass is 19.1. The summed E-state index contributed by atoms with van der Waals surface area (Å²) in [5, 5.41) is 0. The van der Waals surface area contributed by atoms with Crippen molar-refractivity contribution in [3.05, 3.63) is 35.1 Å². The first-order valence-corrected chi connectivity index (χ1v) is 3.94. The molecule has 0 aliphatic rings. The summed E-state index contributed by atoms with van der Waals surface area (Å²) in [5.74, 6) is -0.743. The zero-order valence-electron chi connectivity index (χ0n) is 7.63. The molecule has 3 heteroatoms. The maximum Gasteiger partial charge on any atom is 0.162 e. The predicted octanol–water partition coefficient (Wildman–Crippen LogP) is 2.17. The largest absolute Gasteiger partial charge is 0.380 e. The third-order valence-corrected chi connectivity index (χ3v) is 1.76. The average molecular weight is 182 g/mol. The summed E-state index contributed by atoms with van der Waals surface area (Å²) in [6.07, 6.45) is 0. The van der Waals surface area contributed by atoms with E-state index >= 15 is 0 Å². The van der Waals surface area contributed by atoms with Gasteiger partial charge in [0, 0.05) is 12.7 Å². The highest BCUT2D eigenvalue weighted by Crippen LogP contribution is 2.14. The molecule has 0 aliphatic heterocycles. The van der Waals surface area contributed by atoms with Crippen LogP contribution in [0.25, 0.3) is 0 Å². The van der Waals surface area contributed by atoms with Crippen molar-refractivity contribution in [3.63, 3.8) is 0 Å². The lowest BCUT2D eigenvalue weighted by molar-refractivity contribution is 0.101. The molecule has 0 amide bonds. The number of methoxy groups -OCH3 is 1. The summed E-state index contributed by atoms with van der Waals surface area (Å²) >= 11 is 0. The van der Waals surface area contributed by atoms with Crippen LogP contribution in [0.5, 0.6) is 0 Å². The van der Waals surface area contributed by atoms with Crippen molar-refractivity contribution < 1.29 is 13.9 Å². The van der Waals surface area contributed by atoms with E-state index in [-0.39, 0.29) is 18.0 Å². The van der Waals surface area contributed by atoms with Gasteiger partial charge in [0.05, 0.1) is 12.2 Å². The van der Waals surface area contributed by atoms with E-state index in [0.717, 1.165) is 0 Å². The van der Waals surface area contributed by atoms with Gasteiger partial charge < -0.3 is 4.74 Å². The van der Waals surface area contributed by atoms with Crippen molar-refractivity contribution in [2.75, 3.05) is 7.11 Å². The zero-order chi connectivity index (χ0) is 9.84. The number of halogens is 1. The first-order valence-electron chi connectivity index (χ1n) is 3.94. The molecular weight excluding hydrogens is 171 g/mol. The summed E-state index contributed by atoms with van der Waals surface area (Å²) in [4.78, 5) is 10.9. The summed E-state index contributed by atoms with van der Waals surface area (Å²) in [7, 11) is 1.49. The topological polar surface area (TPSA) is 26.3 Å². The number of carbonyl (C=O) groups excluding carboxylic acids is 1. The van der Waals surface area contributed by atoms with Crippen molar-refractivity contribution in [1.29, 1.82) is 0 Å². The molecule has 0 saturated heterocycles. The Hall–Kier alpha value is -1.22. The van der Waals surface area contributed by atoms with Crippen molar-refractivity contribution >= 4 is 5.78 Å². The maximum absolute atomic E-state index is 13.4. The zero-order valence-corrected chi connectivity index (χ0v) is 7.63. The van der Waals surface area contributed by atoms with Crippen LogP contribution >= 0.6 is 0 Å². The van der Waals surface area contributed by atoms with Crippen LogP contribution in [0, 0.1) is 5.82 Å². The van der Waals surface area contributed by atoms with Crippen molar-refractivity contribution in [2.24, 2.45) is 0 Å². The second-order valence-corrected chi connectivity index (χ2v) is 2.77. The van der Waals surface area contributed by atoms with Gasteiger partial charge in [-0.3, -0.25) is 4.79 Å². The molecule has 0 bridgehead atoms. The van der Waals surface area contributed by atoms with Gasteiger partial charge in [-0.1, -0.05) is 12.1 Å². The Kier molecular flexibility index (Phi) is 3.14. The van der Waals surface area contributed by atoms with Crippen molar-refractivity contribution in [1.82, 2.24) is 0 Å². The molecule has 0 aromatic heterocycles. The van der Waals surface area contributed by atoms with E-state index in [4.69, 9.17) is 4.74 Å². The Morgan fingerprint density at radius 1 is 1.54 bits per heavy atom. The van der Waals surface area contributed by atoms with E-state index in [1.54, 1.807) is 12.1 Å². The Labute approximate surface area is 76.3 Å². The number of Topliss-reactive ketones (excluding diaryl/α,β-unsaturated/α-hetero) is 1. The van der Waals surface area contributed by atoms with Gasteiger partial charge in [-0.05, 0) is 13.0 Å². The molecule has 1 aromatic rings. The lowest BCUT2D eigenvalue weighted by Crippen LogP contribution is -2.01. The lowest BCUT2D eigenvalue weighted by Gasteiger charge is -2.04. The van der Waals surface area contributed by atoms with Crippen LogP contribution in [0.3, 0.4) is 0 Å². The van der Waals surface area contributed by atoms with Gasteiger partial charge >= 0.3 is 0 Å². The first-order chi connectivity index (χ1) is 6.16. The van der Waals surface area contributed by atoms with E-state index in [1.807, 2.05) is 0 Å². The van der Waals surface area contributed by atoms with Gasteiger partial charge in [0.2, 0.25) is 0 Å². The number of ether oxygens (including phenoxy) is 1. The van der Waals surface area contributed by atoms with Crippen LogP contribution in [0.15, 0.2) is 18.2 Å². The van der Waals surface area contributed by atoms with E-state index in [1.165, 1.54) is 20.1 Å². The van der Waals surface area contributed by atoms with Gasteiger partial charge in [0.15, 0.2) is 5.78 Å². The van der Waals surface area contributed by atoms with Crippen LogP contribution in [-0.4, -0.2) is 12.9 Å². The monoisotopic (exact) mass is 182 g/mol. The highest BCUT2D eigenvalue weighted by Gasteiger charge is 2.10. The molecule has 0 radical (unpaired) electrons. The van der Waals surface area contributed by atoms with Gasteiger partial charge in [0.25, 0.3) is 0 Å². The van der Waals surface area contributed by atoms with E-state index in [9.17, 15) is 9.18 Å². The minimum absolute atomic E-state index is 0.120. The summed E-state index contributed by atoms with van der Waals surface area (Å²) in [6.45, 7) is 1.53. The summed E-state index contributed by atoms with van der Waals surface area (Å²) in [6, 6.07) is 4.72. The van der Waals surface area contributed by atoms with Gasteiger partial charge in [-0.2, -0.15) is 0 Å². The van der Waals surface area contributed by atoms with Crippen LogP contribution in [0.1, 0.15) is 22.8 Å². The third kappa shape index (κ3) is 2.12. The number of ketones is 1. The Morgan fingerprint density at radius 2 is 2.23 bits per heavy atom. The molecule has 1 rings (SSSR count). The molecule has 70 valence electrons. The number of benzene rings is 1. The molecule has 2 nitrogen and oxygen atoms in total. The second kappa shape index (κ2) is 4.14. The van der Waals surface area contributed by atoms with E-state index < -0.39 is 5.82 Å². The van der Waals surface area contributed by atoms with E-state index in [2.05, 4.69) is 0 Å². The number of hydrogen-bond acceptors (Lipinski definition) is 2. The lowest BCUT2D eigenvalue weighted by atomic mass is 10.1. The molecule has 13 heavy (non-hydrogen) atoms. The Balaban J connectivity index is 3.10. The predicted molar refractivity (Wildman–Crippen MR) is 47.1 cm³/mol. The van der Waals surface area contributed by atoms with Crippen molar-refractivity contribution in [2.45, 2.75) is 13.5 Å². The minimum atomic E-state index is -0.475. The number of rotatable bonds is 3. The molecule has 0 fully saturated rings. The van der Waals surface area contributed by atoms with Gasteiger partial charge in [-0.25, -0.2) is 4.39 Å². The van der Waals surface area contributed by atoms with Gasteiger partial charge in [-0.15, -0.1) is 0 Å². The van der Waals surface area contributed by atoms with Gasteiger partial charge in [0.1, 0.15) is 5.82 Å². The smallest absolute Gasteiger partial charge is 0.162 e. The van der Waals surface area contributed by atoms with E-state index in [0.29, 0.717) is 5.56 Å². The van der Waals surface area contributed by atoms with Crippen LogP contribution < -0.4 is 0 Å². The molecule has 1 aromatic carbocycles. The van der Waals surface area contributed by atoms with Crippen LogP contribution in [0.4, 0.5) is 4.39 Å². The fourth-order valence-electron chi connectivity index (χ4n) is 1.12. The number of hydrogen-bond donors (Lipinski definition) is 0. The first kappa shape index (κ1) is 9.86. The molecule has 0 heterocycles. The quantitative estimate of drug-likeness (QED) is 0.669. The fraction of sp³-hybridized carbons (Fsp3) is 0.300. The molecule has 0 spiro atoms. The third-order valence-electron chi connectivity index (χ3n) is 1.76. The molecular formula is C10H11FO2. The van der Waals surface area contributed by atoms with Crippen LogP contribution in [-0.2, 0) is 11.3 Å². The fourth-order valence-corrected chi connectivity index (χ4v) is 1.12. The average Bonchev–Trinajstić information content (AvgIpc) is 2.08. The van der Waals surface area contributed by atoms with Crippen LogP contribution in [0.2, 0.25) is 0 Å². The molecule has 0 atom stereocenters. The molecule has 0 aliphatic carbocycles. The maximum atomic E-state index is 13.4. The molecule has 0 unspecified atom stereocenters. The summed E-state index contributed by atoms with van der Waals surface area (Å²) in [5.41, 5.74) is 0.532. The molecule has 0 saturated carbocycles. The Bertz CT molecular complexity index is 321. The normalized spacial score (nSPS) is 10.1. The second-order valence-electron chi connectivity index (χ2n) is 2.77.